The highest BCUT2D eigenvalue weighted by Gasteiger charge is 2.21. The Morgan fingerprint density at radius 2 is 2.07 bits per heavy atom. The average Bonchev–Trinajstić information content (AvgIpc) is 2.50. The molecule has 0 saturated carbocycles. The molecule has 2 heteroatoms. The fourth-order valence-electron chi connectivity index (χ4n) is 2.56. The SMILES string of the molecule is CCC(CBr)CN1CCCCCC1CC. The van der Waals surface area contributed by atoms with Gasteiger partial charge in [0.15, 0.2) is 0 Å². The highest BCUT2D eigenvalue weighted by Crippen LogP contribution is 2.21. The third-order valence-electron chi connectivity index (χ3n) is 3.76. The molecule has 1 aliphatic rings. The summed E-state index contributed by atoms with van der Waals surface area (Å²) in [7, 11) is 0. The monoisotopic (exact) mass is 275 g/mol. The lowest BCUT2D eigenvalue weighted by molar-refractivity contribution is 0.169. The zero-order valence-electron chi connectivity index (χ0n) is 10.3. The van der Waals surface area contributed by atoms with Crippen molar-refractivity contribution in [2.24, 2.45) is 5.92 Å². The first-order valence-corrected chi connectivity index (χ1v) is 7.73. The van der Waals surface area contributed by atoms with Crippen molar-refractivity contribution >= 4 is 15.9 Å². The van der Waals surface area contributed by atoms with Crippen LogP contribution in [0, 0.1) is 5.92 Å². The van der Waals surface area contributed by atoms with Crippen molar-refractivity contribution in [1.82, 2.24) is 4.90 Å². The molecule has 1 saturated heterocycles. The topological polar surface area (TPSA) is 3.24 Å². The number of rotatable bonds is 5. The lowest BCUT2D eigenvalue weighted by Gasteiger charge is -2.31. The molecule has 1 aliphatic heterocycles. The van der Waals surface area contributed by atoms with E-state index in [1.165, 1.54) is 51.6 Å². The van der Waals surface area contributed by atoms with Crippen LogP contribution in [0.25, 0.3) is 0 Å². The van der Waals surface area contributed by atoms with Gasteiger partial charge in [-0.3, -0.25) is 0 Å². The number of hydrogen-bond donors (Lipinski definition) is 0. The normalized spacial score (nSPS) is 26.2. The van der Waals surface area contributed by atoms with E-state index in [4.69, 9.17) is 0 Å². The molecular weight excluding hydrogens is 250 g/mol. The van der Waals surface area contributed by atoms with Crippen molar-refractivity contribution in [1.29, 1.82) is 0 Å². The van der Waals surface area contributed by atoms with Crippen LogP contribution in [0.2, 0.25) is 0 Å². The predicted molar refractivity (Wildman–Crippen MR) is 71.7 cm³/mol. The van der Waals surface area contributed by atoms with Crippen molar-refractivity contribution in [3.63, 3.8) is 0 Å². The van der Waals surface area contributed by atoms with Gasteiger partial charge in [0.1, 0.15) is 0 Å². The molecular formula is C13H26BrN. The molecule has 0 aromatic carbocycles. The molecule has 0 N–H and O–H groups in total. The van der Waals surface area contributed by atoms with E-state index < -0.39 is 0 Å². The van der Waals surface area contributed by atoms with E-state index in [9.17, 15) is 0 Å². The highest BCUT2D eigenvalue weighted by molar-refractivity contribution is 9.09. The summed E-state index contributed by atoms with van der Waals surface area (Å²) < 4.78 is 0. The quantitative estimate of drug-likeness (QED) is 0.684. The van der Waals surface area contributed by atoms with Crippen molar-refractivity contribution < 1.29 is 0 Å². The van der Waals surface area contributed by atoms with Crippen LogP contribution >= 0.6 is 15.9 Å². The van der Waals surface area contributed by atoms with E-state index in [0.717, 1.165) is 17.3 Å². The molecule has 0 spiro atoms. The number of alkyl halides is 1. The van der Waals surface area contributed by atoms with Gasteiger partial charge in [0.25, 0.3) is 0 Å². The molecule has 1 rings (SSSR count). The number of hydrogen-bond acceptors (Lipinski definition) is 1. The Kier molecular flexibility index (Phi) is 6.91. The van der Waals surface area contributed by atoms with Crippen LogP contribution in [0.3, 0.4) is 0 Å². The van der Waals surface area contributed by atoms with Gasteiger partial charge in [-0.2, -0.15) is 0 Å². The Labute approximate surface area is 104 Å². The van der Waals surface area contributed by atoms with Gasteiger partial charge in [-0.05, 0) is 31.7 Å². The summed E-state index contributed by atoms with van der Waals surface area (Å²) in [5.41, 5.74) is 0. The molecule has 1 nitrogen and oxygen atoms in total. The van der Waals surface area contributed by atoms with Crippen LogP contribution < -0.4 is 0 Å². The summed E-state index contributed by atoms with van der Waals surface area (Å²) in [5, 5.41) is 1.16. The summed E-state index contributed by atoms with van der Waals surface area (Å²) in [6.07, 6.45) is 8.36. The molecule has 2 atom stereocenters. The average molecular weight is 276 g/mol. The standard InChI is InChI=1S/C13H26BrN/c1-3-12(10-14)11-15-9-7-5-6-8-13(15)4-2/h12-13H,3-11H2,1-2H3. The first-order chi connectivity index (χ1) is 7.31. The largest absolute Gasteiger partial charge is 0.300 e. The summed E-state index contributed by atoms with van der Waals surface area (Å²) in [6, 6.07) is 0.862. The van der Waals surface area contributed by atoms with Crippen LogP contribution in [-0.4, -0.2) is 29.4 Å². The van der Waals surface area contributed by atoms with E-state index in [2.05, 4.69) is 34.7 Å². The van der Waals surface area contributed by atoms with Crippen LogP contribution in [-0.2, 0) is 0 Å². The van der Waals surface area contributed by atoms with E-state index in [0.29, 0.717) is 0 Å². The minimum atomic E-state index is 0.845. The second kappa shape index (κ2) is 7.67. The first kappa shape index (κ1) is 13.5. The van der Waals surface area contributed by atoms with E-state index in [1.54, 1.807) is 0 Å². The molecule has 0 aromatic rings. The van der Waals surface area contributed by atoms with Gasteiger partial charge >= 0.3 is 0 Å². The van der Waals surface area contributed by atoms with Gasteiger partial charge in [-0.1, -0.05) is 49.0 Å². The molecule has 0 amide bonds. The molecule has 0 aliphatic carbocycles. The molecule has 0 aromatic heterocycles. The first-order valence-electron chi connectivity index (χ1n) is 6.61. The Morgan fingerprint density at radius 3 is 2.67 bits per heavy atom. The fourth-order valence-corrected chi connectivity index (χ4v) is 3.22. The van der Waals surface area contributed by atoms with Gasteiger partial charge in [0, 0.05) is 17.9 Å². The third kappa shape index (κ3) is 4.44. The Hall–Kier alpha value is 0.440. The zero-order valence-corrected chi connectivity index (χ0v) is 11.9. The molecule has 0 bridgehead atoms. The maximum atomic E-state index is 3.64. The molecule has 0 radical (unpaired) electrons. The molecule has 1 fully saturated rings. The molecule has 15 heavy (non-hydrogen) atoms. The van der Waals surface area contributed by atoms with Crippen molar-refractivity contribution in [3.05, 3.63) is 0 Å². The zero-order chi connectivity index (χ0) is 11.1. The van der Waals surface area contributed by atoms with E-state index in [-0.39, 0.29) is 0 Å². The Bertz CT molecular complexity index is 157. The summed E-state index contributed by atoms with van der Waals surface area (Å²) in [5.74, 6) is 0.845. The molecule has 2 unspecified atom stereocenters. The summed E-state index contributed by atoms with van der Waals surface area (Å²) in [4.78, 5) is 2.75. The number of halogens is 1. The third-order valence-corrected chi connectivity index (χ3v) is 4.67. The molecule has 90 valence electrons. The lowest BCUT2D eigenvalue weighted by atomic mass is 10.0. The van der Waals surface area contributed by atoms with Gasteiger partial charge in [-0.25, -0.2) is 0 Å². The van der Waals surface area contributed by atoms with Gasteiger partial charge < -0.3 is 4.90 Å². The minimum absolute atomic E-state index is 0.845. The van der Waals surface area contributed by atoms with Crippen LogP contribution in [0.4, 0.5) is 0 Å². The number of nitrogens with zero attached hydrogens (tertiary/aromatic N) is 1. The van der Waals surface area contributed by atoms with Gasteiger partial charge in [-0.15, -0.1) is 0 Å². The Balaban J connectivity index is 2.46. The summed E-state index contributed by atoms with van der Waals surface area (Å²) >= 11 is 3.64. The summed E-state index contributed by atoms with van der Waals surface area (Å²) in [6.45, 7) is 7.30. The molecule has 1 heterocycles. The maximum Gasteiger partial charge on any atom is 0.00927 e. The van der Waals surface area contributed by atoms with Crippen LogP contribution in [0.15, 0.2) is 0 Å². The second-order valence-electron chi connectivity index (χ2n) is 4.83. The van der Waals surface area contributed by atoms with E-state index >= 15 is 0 Å². The van der Waals surface area contributed by atoms with E-state index in [1.807, 2.05) is 0 Å². The van der Waals surface area contributed by atoms with Crippen molar-refractivity contribution in [2.75, 3.05) is 18.4 Å². The van der Waals surface area contributed by atoms with Crippen molar-refractivity contribution in [2.45, 2.75) is 58.4 Å². The fraction of sp³-hybridized carbons (Fsp3) is 1.00. The van der Waals surface area contributed by atoms with Gasteiger partial charge in [0.2, 0.25) is 0 Å². The minimum Gasteiger partial charge on any atom is -0.300 e. The number of likely N-dealkylation sites (tertiary alicyclic amines) is 1. The van der Waals surface area contributed by atoms with Crippen LogP contribution in [0.5, 0.6) is 0 Å². The highest BCUT2D eigenvalue weighted by atomic mass is 79.9. The smallest absolute Gasteiger partial charge is 0.00927 e. The Morgan fingerprint density at radius 1 is 1.27 bits per heavy atom. The van der Waals surface area contributed by atoms with Crippen LogP contribution in [0.1, 0.15) is 52.4 Å². The van der Waals surface area contributed by atoms with Crippen molar-refractivity contribution in [3.8, 4) is 0 Å². The second-order valence-corrected chi connectivity index (χ2v) is 5.48. The maximum absolute atomic E-state index is 3.64. The lowest BCUT2D eigenvalue weighted by Crippen LogP contribution is -2.38. The van der Waals surface area contributed by atoms with Gasteiger partial charge in [0.05, 0.1) is 0 Å². The predicted octanol–water partition coefficient (Wildman–Crippen LogP) is 4.06.